The fourth-order valence-corrected chi connectivity index (χ4v) is 4.00. The molecule has 3 aliphatic rings. The van der Waals surface area contributed by atoms with Crippen LogP contribution in [0.4, 0.5) is 13.2 Å². The molecule has 0 spiro atoms. The van der Waals surface area contributed by atoms with Crippen molar-refractivity contribution >= 4 is 12.1 Å². The van der Waals surface area contributed by atoms with E-state index in [9.17, 15) is 18.0 Å². The van der Waals surface area contributed by atoms with Crippen LogP contribution in [0.15, 0.2) is 11.3 Å². The Morgan fingerprint density at radius 3 is 3.00 bits per heavy atom. The molecule has 1 N–H and O–H groups in total. The van der Waals surface area contributed by atoms with Crippen LogP contribution in [0, 0.1) is 0 Å². The van der Waals surface area contributed by atoms with Gasteiger partial charge in [-0.1, -0.05) is 0 Å². The maximum atomic E-state index is 12.5. The van der Waals surface area contributed by atoms with Crippen molar-refractivity contribution in [1.82, 2.24) is 20.2 Å². The van der Waals surface area contributed by atoms with E-state index in [-0.39, 0.29) is 24.5 Å². The van der Waals surface area contributed by atoms with Crippen LogP contribution >= 0.6 is 0 Å². The van der Waals surface area contributed by atoms with Crippen molar-refractivity contribution < 1.29 is 18.0 Å². The molecule has 0 aromatic carbocycles. The van der Waals surface area contributed by atoms with Crippen molar-refractivity contribution in [2.45, 2.75) is 50.0 Å². The molecule has 1 amide bonds. The van der Waals surface area contributed by atoms with E-state index in [1.54, 1.807) is 0 Å². The second-order valence-electron chi connectivity index (χ2n) is 6.74. The maximum Gasteiger partial charge on any atom is 0.397 e. The largest absolute Gasteiger partial charge is 0.397 e. The Bertz CT molecular complexity index is 720. The number of likely N-dealkylation sites (tertiary alicyclic amines) is 1. The molecule has 0 aliphatic carbocycles. The van der Waals surface area contributed by atoms with Crippen molar-refractivity contribution in [1.29, 1.82) is 0 Å². The summed E-state index contributed by atoms with van der Waals surface area (Å²) in [5, 5.41) is 3.33. The Balaban J connectivity index is 1.55. The number of hydrogen-bond donors (Lipinski definition) is 1. The summed E-state index contributed by atoms with van der Waals surface area (Å²) in [5.41, 5.74) is 2.87. The van der Waals surface area contributed by atoms with Crippen LogP contribution in [0.1, 0.15) is 48.0 Å². The SMILES string of the molecule is O=C(CC(F)(F)F)N1CC[C@H](c2ncnc3c2C2CC=NC2NC3)C1. The lowest BCUT2D eigenvalue weighted by molar-refractivity contribution is -0.160. The second-order valence-corrected chi connectivity index (χ2v) is 6.74. The number of carbonyl (C=O) groups is 1. The summed E-state index contributed by atoms with van der Waals surface area (Å²) < 4.78 is 37.4. The van der Waals surface area contributed by atoms with E-state index in [4.69, 9.17) is 0 Å². The molecule has 3 atom stereocenters. The van der Waals surface area contributed by atoms with E-state index in [2.05, 4.69) is 20.3 Å². The van der Waals surface area contributed by atoms with Crippen LogP contribution in [0.25, 0.3) is 0 Å². The van der Waals surface area contributed by atoms with E-state index >= 15 is 0 Å². The number of rotatable bonds is 2. The number of fused-ring (bicyclic) bond motifs is 3. The van der Waals surface area contributed by atoms with Gasteiger partial charge in [-0.25, -0.2) is 9.97 Å². The summed E-state index contributed by atoms with van der Waals surface area (Å²) in [6.45, 7) is 1.22. The first-order valence-electron chi connectivity index (χ1n) is 8.35. The van der Waals surface area contributed by atoms with Gasteiger partial charge in [-0.15, -0.1) is 0 Å². The highest BCUT2D eigenvalue weighted by atomic mass is 19.4. The molecule has 1 aromatic heterocycles. The molecule has 4 rings (SSSR count). The molecule has 0 bridgehead atoms. The first-order chi connectivity index (χ1) is 11.9. The summed E-state index contributed by atoms with van der Waals surface area (Å²) in [4.78, 5) is 26.4. The average molecular weight is 353 g/mol. The smallest absolute Gasteiger partial charge is 0.342 e. The lowest BCUT2D eigenvalue weighted by Crippen LogP contribution is -2.37. The molecular weight excluding hydrogens is 335 g/mol. The van der Waals surface area contributed by atoms with Crippen molar-refractivity contribution in [3.63, 3.8) is 0 Å². The van der Waals surface area contributed by atoms with Gasteiger partial charge in [0.1, 0.15) is 18.9 Å². The standard InChI is InChI=1S/C16H18F3N5O/c17-16(18,19)5-12(25)24-4-2-9(7-24)14-13-10-1-3-20-15(10)21-6-11(13)22-8-23-14/h3,8-10,15,21H,1-2,4-7H2/t9-,10?,15?/m0/s1. The Labute approximate surface area is 142 Å². The molecular formula is C16H18F3N5O. The van der Waals surface area contributed by atoms with Gasteiger partial charge in [-0.05, 0) is 12.8 Å². The van der Waals surface area contributed by atoms with Gasteiger partial charge in [0.2, 0.25) is 5.91 Å². The molecule has 2 unspecified atom stereocenters. The number of nitrogens with one attached hydrogen (secondary N) is 1. The molecule has 1 aromatic rings. The number of halogens is 3. The van der Waals surface area contributed by atoms with Crippen molar-refractivity contribution in [2.24, 2.45) is 4.99 Å². The molecule has 0 radical (unpaired) electrons. The number of aliphatic imine (C=N–C) groups is 1. The van der Waals surface area contributed by atoms with Crippen molar-refractivity contribution in [3.8, 4) is 0 Å². The summed E-state index contributed by atoms with van der Waals surface area (Å²) in [6, 6.07) is 0. The number of nitrogens with zero attached hydrogens (tertiary/aromatic N) is 4. The zero-order chi connectivity index (χ0) is 17.6. The minimum absolute atomic E-state index is 0.0154. The van der Waals surface area contributed by atoms with Gasteiger partial charge in [-0.3, -0.25) is 15.1 Å². The van der Waals surface area contributed by atoms with Gasteiger partial charge in [0.25, 0.3) is 0 Å². The summed E-state index contributed by atoms with van der Waals surface area (Å²) >= 11 is 0. The predicted molar refractivity (Wildman–Crippen MR) is 83.1 cm³/mol. The van der Waals surface area contributed by atoms with Crippen LogP contribution in [0.3, 0.4) is 0 Å². The Hall–Kier alpha value is -2.03. The summed E-state index contributed by atoms with van der Waals surface area (Å²) in [5.74, 6) is -0.741. The average Bonchev–Trinajstić information content (AvgIpc) is 3.22. The van der Waals surface area contributed by atoms with Crippen LogP contribution in [-0.2, 0) is 11.3 Å². The van der Waals surface area contributed by atoms with Crippen LogP contribution in [0.2, 0.25) is 0 Å². The number of hydrogen-bond acceptors (Lipinski definition) is 5. The molecule has 6 nitrogen and oxygen atoms in total. The topological polar surface area (TPSA) is 70.5 Å². The van der Waals surface area contributed by atoms with Crippen LogP contribution < -0.4 is 5.32 Å². The highest BCUT2D eigenvalue weighted by Gasteiger charge is 2.40. The Kier molecular flexibility index (Phi) is 3.98. The van der Waals surface area contributed by atoms with E-state index in [0.717, 1.165) is 23.4 Å². The molecule has 1 fully saturated rings. The summed E-state index contributed by atoms with van der Waals surface area (Å²) in [7, 11) is 0. The number of aromatic nitrogens is 2. The quantitative estimate of drug-likeness (QED) is 0.879. The fourth-order valence-electron chi connectivity index (χ4n) is 4.00. The Morgan fingerprint density at radius 2 is 2.20 bits per heavy atom. The van der Waals surface area contributed by atoms with E-state index in [1.807, 2.05) is 6.21 Å². The fraction of sp³-hybridized carbons (Fsp3) is 0.625. The van der Waals surface area contributed by atoms with E-state index in [1.165, 1.54) is 11.2 Å². The normalized spacial score (nSPS) is 28.1. The molecule has 3 aliphatic heterocycles. The third kappa shape index (κ3) is 3.12. The van der Waals surface area contributed by atoms with Gasteiger partial charge < -0.3 is 4.90 Å². The van der Waals surface area contributed by atoms with Crippen LogP contribution in [0.5, 0.6) is 0 Å². The van der Waals surface area contributed by atoms with Gasteiger partial charge in [-0.2, -0.15) is 13.2 Å². The molecule has 9 heteroatoms. The van der Waals surface area contributed by atoms with Crippen molar-refractivity contribution in [3.05, 3.63) is 23.3 Å². The van der Waals surface area contributed by atoms with Gasteiger partial charge in [0.05, 0.1) is 11.4 Å². The second kappa shape index (κ2) is 6.05. The van der Waals surface area contributed by atoms with E-state index in [0.29, 0.717) is 19.5 Å². The number of carbonyl (C=O) groups excluding carboxylic acids is 1. The Morgan fingerprint density at radius 1 is 1.36 bits per heavy atom. The molecule has 134 valence electrons. The zero-order valence-corrected chi connectivity index (χ0v) is 13.5. The highest BCUT2D eigenvalue weighted by Crippen LogP contribution is 2.39. The molecule has 25 heavy (non-hydrogen) atoms. The minimum Gasteiger partial charge on any atom is -0.342 e. The first kappa shape index (κ1) is 16.4. The monoisotopic (exact) mass is 353 g/mol. The van der Waals surface area contributed by atoms with Crippen LogP contribution in [-0.4, -0.2) is 52.4 Å². The zero-order valence-electron chi connectivity index (χ0n) is 13.5. The molecule has 4 heterocycles. The third-order valence-corrected chi connectivity index (χ3v) is 5.13. The number of amides is 1. The van der Waals surface area contributed by atoms with Gasteiger partial charge in [0, 0.05) is 43.2 Å². The van der Waals surface area contributed by atoms with Gasteiger partial charge in [0.15, 0.2) is 0 Å². The number of alkyl halides is 3. The third-order valence-electron chi connectivity index (χ3n) is 5.13. The molecule has 0 saturated carbocycles. The molecule has 1 saturated heterocycles. The first-order valence-corrected chi connectivity index (χ1v) is 8.35. The predicted octanol–water partition coefficient (Wildman–Crippen LogP) is 1.73. The summed E-state index contributed by atoms with van der Waals surface area (Å²) in [6.07, 6.45) is -1.03. The van der Waals surface area contributed by atoms with Crippen molar-refractivity contribution in [2.75, 3.05) is 13.1 Å². The lowest BCUT2D eigenvalue weighted by Gasteiger charge is -2.30. The minimum atomic E-state index is -4.47. The van der Waals surface area contributed by atoms with E-state index < -0.39 is 18.5 Å². The highest BCUT2D eigenvalue weighted by molar-refractivity contribution is 5.77. The maximum absolute atomic E-state index is 12.5. The van der Waals surface area contributed by atoms with Gasteiger partial charge >= 0.3 is 6.18 Å². The lowest BCUT2D eigenvalue weighted by atomic mass is 9.85.